The molecule has 2 N–H and O–H groups in total. The third kappa shape index (κ3) is 3.01. The molecule has 0 fully saturated rings. The maximum atomic E-state index is 5.43. The van der Waals surface area contributed by atoms with Crippen LogP contribution < -0.4 is 10.1 Å². The first-order valence-corrected chi connectivity index (χ1v) is 9.57. The van der Waals surface area contributed by atoms with Crippen LogP contribution in [0.4, 0.5) is 11.4 Å². The van der Waals surface area contributed by atoms with Crippen molar-refractivity contribution >= 4 is 33.3 Å². The first kappa shape index (κ1) is 17.4. The van der Waals surface area contributed by atoms with Gasteiger partial charge in [0.05, 0.1) is 12.8 Å². The van der Waals surface area contributed by atoms with Crippen LogP contribution in [-0.4, -0.2) is 21.6 Å². The lowest BCUT2D eigenvalue weighted by atomic mass is 10.1. The highest BCUT2D eigenvalue weighted by atomic mass is 16.5. The van der Waals surface area contributed by atoms with E-state index in [9.17, 15) is 0 Å². The van der Waals surface area contributed by atoms with E-state index in [0.29, 0.717) is 0 Å². The lowest BCUT2D eigenvalue weighted by molar-refractivity contribution is 0.415. The van der Waals surface area contributed by atoms with Gasteiger partial charge in [-0.2, -0.15) is 0 Å². The fraction of sp³-hybridized carbons (Fsp3) is 0.125. The summed E-state index contributed by atoms with van der Waals surface area (Å²) >= 11 is 0. The van der Waals surface area contributed by atoms with E-state index >= 15 is 0 Å². The normalized spacial score (nSPS) is 11.3. The van der Waals surface area contributed by atoms with E-state index in [1.54, 1.807) is 7.11 Å². The summed E-state index contributed by atoms with van der Waals surface area (Å²) in [6.45, 7) is 2.09. The van der Waals surface area contributed by atoms with Crippen molar-refractivity contribution in [3.63, 3.8) is 0 Å². The van der Waals surface area contributed by atoms with Gasteiger partial charge in [-0.15, -0.1) is 0 Å². The van der Waals surface area contributed by atoms with Crippen LogP contribution in [0.1, 0.15) is 5.56 Å². The molecule has 0 atom stereocenters. The van der Waals surface area contributed by atoms with Gasteiger partial charge in [-0.1, -0.05) is 12.1 Å². The van der Waals surface area contributed by atoms with Crippen LogP contribution in [0.25, 0.3) is 33.2 Å². The second-order valence-corrected chi connectivity index (χ2v) is 7.34. The summed E-state index contributed by atoms with van der Waals surface area (Å²) in [5, 5.41) is 5.73. The van der Waals surface area contributed by atoms with Crippen LogP contribution in [0.5, 0.6) is 5.75 Å². The Morgan fingerprint density at radius 2 is 1.93 bits per heavy atom. The lowest BCUT2D eigenvalue weighted by Crippen LogP contribution is -1.91. The molecule has 3 heterocycles. The molecule has 0 aliphatic carbocycles. The number of ether oxygens (including phenoxy) is 1. The van der Waals surface area contributed by atoms with Crippen molar-refractivity contribution in [2.75, 3.05) is 12.4 Å². The highest BCUT2D eigenvalue weighted by Gasteiger charge is 2.14. The minimum Gasteiger partial charge on any atom is -0.497 e. The van der Waals surface area contributed by atoms with E-state index in [2.05, 4.69) is 82.5 Å². The number of fused-ring (bicyclic) bond motifs is 2. The van der Waals surface area contributed by atoms with Crippen LogP contribution in [0.3, 0.4) is 0 Å². The number of anilines is 2. The Morgan fingerprint density at radius 3 is 2.76 bits per heavy atom. The molecule has 0 amide bonds. The molecular formula is C24H22N4O. The third-order valence-electron chi connectivity index (χ3n) is 5.32. The summed E-state index contributed by atoms with van der Waals surface area (Å²) in [5.41, 5.74) is 7.49. The minimum absolute atomic E-state index is 0.848. The average Bonchev–Trinajstić information content (AvgIpc) is 3.29. The molecule has 0 unspecified atom stereocenters. The third-order valence-corrected chi connectivity index (χ3v) is 5.32. The summed E-state index contributed by atoms with van der Waals surface area (Å²) < 4.78 is 7.57. The van der Waals surface area contributed by atoms with Crippen molar-refractivity contribution < 1.29 is 4.74 Å². The Labute approximate surface area is 169 Å². The fourth-order valence-electron chi connectivity index (χ4n) is 3.87. The molecule has 5 rings (SSSR count). The van der Waals surface area contributed by atoms with Crippen molar-refractivity contribution in [1.82, 2.24) is 14.5 Å². The number of nitrogens with zero attached hydrogens (tertiary/aromatic N) is 2. The SMILES string of the molecule is COc1ccc2c(c1)c(-c1cc3c(Nc4cccc(C)c4)ccnc3[nH]1)cn2C. The highest BCUT2D eigenvalue weighted by molar-refractivity contribution is 6.01. The number of aromatic nitrogens is 3. The molecule has 144 valence electrons. The number of pyridine rings is 1. The number of aromatic amines is 1. The molecule has 3 aromatic heterocycles. The van der Waals surface area contributed by atoms with E-state index in [-0.39, 0.29) is 0 Å². The Hall–Kier alpha value is -3.73. The fourth-order valence-corrected chi connectivity index (χ4v) is 3.87. The molecule has 0 aliphatic rings. The zero-order chi connectivity index (χ0) is 20.0. The average molecular weight is 382 g/mol. The van der Waals surface area contributed by atoms with Crippen molar-refractivity contribution in [2.45, 2.75) is 6.92 Å². The lowest BCUT2D eigenvalue weighted by Gasteiger charge is -2.07. The zero-order valence-corrected chi connectivity index (χ0v) is 16.7. The number of hydrogen-bond donors (Lipinski definition) is 2. The summed E-state index contributed by atoms with van der Waals surface area (Å²) in [6.07, 6.45) is 3.97. The Balaban J connectivity index is 1.63. The smallest absolute Gasteiger partial charge is 0.139 e. The van der Waals surface area contributed by atoms with Crippen molar-refractivity contribution in [1.29, 1.82) is 0 Å². The van der Waals surface area contributed by atoms with Gasteiger partial charge in [0.2, 0.25) is 0 Å². The maximum Gasteiger partial charge on any atom is 0.139 e. The van der Waals surface area contributed by atoms with Crippen molar-refractivity contribution in [2.24, 2.45) is 7.05 Å². The van der Waals surface area contributed by atoms with Crippen molar-refractivity contribution in [3.8, 4) is 17.0 Å². The quantitative estimate of drug-likeness (QED) is 0.414. The zero-order valence-electron chi connectivity index (χ0n) is 16.7. The van der Waals surface area contributed by atoms with Gasteiger partial charge in [0, 0.05) is 52.7 Å². The molecule has 0 spiro atoms. The van der Waals surface area contributed by atoms with Crippen LogP contribution in [0.15, 0.2) is 67.0 Å². The number of aryl methyl sites for hydroxylation is 2. The Kier molecular flexibility index (Phi) is 4.02. The predicted molar refractivity (Wildman–Crippen MR) is 119 cm³/mol. The highest BCUT2D eigenvalue weighted by Crippen LogP contribution is 2.35. The Morgan fingerprint density at radius 1 is 1.03 bits per heavy atom. The number of nitrogens with one attached hydrogen (secondary N) is 2. The molecular weight excluding hydrogens is 360 g/mol. The van der Waals surface area contributed by atoms with Gasteiger partial charge in [-0.3, -0.25) is 0 Å². The molecule has 0 bridgehead atoms. The molecule has 5 heteroatoms. The van der Waals surface area contributed by atoms with Crippen LogP contribution in [-0.2, 0) is 7.05 Å². The van der Waals surface area contributed by atoms with Gasteiger partial charge in [-0.05, 0) is 55.0 Å². The number of rotatable bonds is 4. The van der Waals surface area contributed by atoms with Gasteiger partial charge in [0.1, 0.15) is 11.4 Å². The van der Waals surface area contributed by atoms with Crippen LogP contribution >= 0.6 is 0 Å². The van der Waals surface area contributed by atoms with Gasteiger partial charge in [-0.25, -0.2) is 4.98 Å². The monoisotopic (exact) mass is 382 g/mol. The summed E-state index contributed by atoms with van der Waals surface area (Å²) in [7, 11) is 3.75. The molecule has 0 saturated heterocycles. The number of hydrogen-bond acceptors (Lipinski definition) is 3. The number of methoxy groups -OCH3 is 1. The maximum absolute atomic E-state index is 5.43. The van der Waals surface area contributed by atoms with E-state index in [0.717, 1.165) is 50.3 Å². The van der Waals surface area contributed by atoms with E-state index in [4.69, 9.17) is 4.74 Å². The molecule has 29 heavy (non-hydrogen) atoms. The van der Waals surface area contributed by atoms with Crippen molar-refractivity contribution in [3.05, 3.63) is 72.6 Å². The summed E-state index contributed by atoms with van der Waals surface area (Å²) in [4.78, 5) is 8.03. The summed E-state index contributed by atoms with van der Waals surface area (Å²) in [5.74, 6) is 0.848. The minimum atomic E-state index is 0.848. The largest absolute Gasteiger partial charge is 0.497 e. The number of benzene rings is 2. The second kappa shape index (κ2) is 6.71. The van der Waals surface area contributed by atoms with Gasteiger partial charge >= 0.3 is 0 Å². The van der Waals surface area contributed by atoms with E-state index < -0.39 is 0 Å². The van der Waals surface area contributed by atoms with Gasteiger partial charge < -0.3 is 19.6 Å². The summed E-state index contributed by atoms with van der Waals surface area (Å²) in [6, 6.07) is 18.7. The Bertz CT molecular complexity index is 1350. The predicted octanol–water partition coefficient (Wildman–Crippen LogP) is 5.78. The molecule has 0 aliphatic heterocycles. The van der Waals surface area contributed by atoms with Gasteiger partial charge in [0.25, 0.3) is 0 Å². The number of H-pyrrole nitrogens is 1. The first-order valence-electron chi connectivity index (χ1n) is 9.57. The molecule has 5 nitrogen and oxygen atoms in total. The van der Waals surface area contributed by atoms with Crippen LogP contribution in [0.2, 0.25) is 0 Å². The second-order valence-electron chi connectivity index (χ2n) is 7.34. The topological polar surface area (TPSA) is 54.9 Å². The molecule has 0 radical (unpaired) electrons. The standard InChI is InChI=1S/C24H22N4O/c1-15-5-4-6-16(11-15)26-21-9-10-25-24-19(21)13-22(27-24)20-14-28(2)23-8-7-17(29-3)12-18(20)23/h4-14H,1-3H3,(H2,25,26,27). The first-order chi connectivity index (χ1) is 14.1. The van der Waals surface area contributed by atoms with E-state index in [1.807, 2.05) is 18.3 Å². The molecule has 0 saturated carbocycles. The van der Waals surface area contributed by atoms with Crippen LogP contribution in [0, 0.1) is 6.92 Å². The molecule has 5 aromatic rings. The molecule has 2 aromatic carbocycles. The van der Waals surface area contributed by atoms with Gasteiger partial charge in [0.15, 0.2) is 0 Å². The van der Waals surface area contributed by atoms with E-state index in [1.165, 1.54) is 5.56 Å².